The molecule has 1 aromatic carbocycles. The monoisotopic (exact) mass is 296 g/mol. The lowest BCUT2D eigenvalue weighted by Gasteiger charge is -2.21. The number of carbonyl (C=O) groups excluding carboxylic acids is 1. The number of likely N-dealkylation sites (tertiary alicyclic amines) is 1. The molecule has 21 heavy (non-hydrogen) atoms. The van der Waals surface area contributed by atoms with Gasteiger partial charge in [-0.2, -0.15) is 0 Å². The molecule has 1 heterocycles. The van der Waals surface area contributed by atoms with Gasteiger partial charge >= 0.3 is 0 Å². The van der Waals surface area contributed by atoms with Gasteiger partial charge in [-0.3, -0.25) is 9.69 Å². The number of β-amino-alcohol motifs (C(OH)–C–C–N with tert-alkyl or cyclic N) is 1. The highest BCUT2D eigenvalue weighted by Crippen LogP contribution is 2.61. The van der Waals surface area contributed by atoms with Gasteiger partial charge in [-0.25, -0.2) is 8.78 Å². The zero-order valence-electron chi connectivity index (χ0n) is 11.5. The van der Waals surface area contributed by atoms with Gasteiger partial charge in [-0.1, -0.05) is 30.3 Å². The first-order valence-corrected chi connectivity index (χ1v) is 7.05. The summed E-state index contributed by atoms with van der Waals surface area (Å²) in [6, 6.07) is 8.03. The van der Waals surface area contributed by atoms with Crippen LogP contribution in [0.1, 0.15) is 17.9 Å². The summed E-state index contributed by atoms with van der Waals surface area (Å²) in [5, 5.41) is 9.63. The first-order valence-electron chi connectivity index (χ1n) is 7.05. The average Bonchev–Trinajstić information content (AvgIpc) is 2.77. The van der Waals surface area contributed by atoms with Crippen molar-refractivity contribution in [2.45, 2.75) is 30.4 Å². The molecular formula is C15H18F2N2O2. The SMILES string of the molecule is NC(=O)[C@@H]1C[C@@H](O)CN1C[C@@H]1[C@@H](c2ccccc2)C1(F)F. The van der Waals surface area contributed by atoms with Crippen LogP contribution in [-0.4, -0.2) is 47.1 Å². The second-order valence-corrected chi connectivity index (χ2v) is 5.93. The lowest BCUT2D eigenvalue weighted by atomic mass is 10.1. The summed E-state index contributed by atoms with van der Waals surface area (Å²) in [4.78, 5) is 12.9. The number of hydrogen-bond acceptors (Lipinski definition) is 3. The number of nitrogens with two attached hydrogens (primary N) is 1. The summed E-state index contributed by atoms with van der Waals surface area (Å²) < 4.78 is 28.0. The van der Waals surface area contributed by atoms with Crippen molar-refractivity contribution in [3.8, 4) is 0 Å². The fourth-order valence-electron chi connectivity index (χ4n) is 3.36. The van der Waals surface area contributed by atoms with Crippen molar-refractivity contribution in [3.05, 3.63) is 35.9 Å². The number of hydrogen-bond donors (Lipinski definition) is 2. The standard InChI is InChI=1S/C15H18F2N2O2/c16-15(17)11(13(15)9-4-2-1-3-5-9)8-19-7-10(20)6-12(19)14(18)21/h1-5,10-13,20H,6-8H2,(H2,18,21)/t10-,11-,12+,13-/m1/s1. The normalized spacial score (nSPS) is 34.8. The molecule has 0 unspecified atom stereocenters. The van der Waals surface area contributed by atoms with Gasteiger partial charge in [0, 0.05) is 19.0 Å². The Morgan fingerprint density at radius 1 is 1.38 bits per heavy atom. The predicted molar refractivity (Wildman–Crippen MR) is 72.8 cm³/mol. The number of nitrogens with zero attached hydrogens (tertiary/aromatic N) is 1. The molecular weight excluding hydrogens is 278 g/mol. The molecule has 6 heteroatoms. The van der Waals surface area contributed by atoms with Gasteiger partial charge in [0.1, 0.15) is 0 Å². The molecule has 1 aliphatic carbocycles. The molecule has 0 radical (unpaired) electrons. The molecule has 2 fully saturated rings. The largest absolute Gasteiger partial charge is 0.392 e. The van der Waals surface area contributed by atoms with Crippen LogP contribution in [0.3, 0.4) is 0 Å². The van der Waals surface area contributed by atoms with Crippen LogP contribution >= 0.6 is 0 Å². The first-order chi connectivity index (χ1) is 9.91. The maximum absolute atomic E-state index is 14.0. The van der Waals surface area contributed by atoms with Crippen LogP contribution < -0.4 is 5.73 Å². The first kappa shape index (κ1) is 14.4. The number of alkyl halides is 2. The topological polar surface area (TPSA) is 66.6 Å². The van der Waals surface area contributed by atoms with E-state index in [9.17, 15) is 18.7 Å². The van der Waals surface area contributed by atoms with E-state index in [0.717, 1.165) is 0 Å². The lowest BCUT2D eigenvalue weighted by Crippen LogP contribution is -2.41. The highest BCUT2D eigenvalue weighted by Gasteiger charge is 2.69. The van der Waals surface area contributed by atoms with Crippen LogP contribution in [-0.2, 0) is 4.79 Å². The van der Waals surface area contributed by atoms with Crippen molar-refractivity contribution < 1.29 is 18.7 Å². The molecule has 0 spiro atoms. The Labute approximate surface area is 121 Å². The summed E-state index contributed by atoms with van der Waals surface area (Å²) >= 11 is 0. The van der Waals surface area contributed by atoms with Crippen LogP contribution in [0.4, 0.5) is 8.78 Å². The maximum Gasteiger partial charge on any atom is 0.260 e. The van der Waals surface area contributed by atoms with E-state index in [1.54, 1.807) is 35.2 Å². The van der Waals surface area contributed by atoms with Crippen molar-refractivity contribution in [2.24, 2.45) is 11.7 Å². The second kappa shape index (κ2) is 5.03. The highest BCUT2D eigenvalue weighted by atomic mass is 19.3. The summed E-state index contributed by atoms with van der Waals surface area (Å²) in [5.41, 5.74) is 5.89. The maximum atomic E-state index is 14.0. The number of halogens is 2. The smallest absolute Gasteiger partial charge is 0.260 e. The summed E-state index contributed by atoms with van der Waals surface area (Å²) in [6.45, 7) is 0.304. The van der Waals surface area contributed by atoms with E-state index in [1.165, 1.54) is 0 Å². The molecule has 1 saturated carbocycles. The number of rotatable bonds is 4. The molecule has 0 bridgehead atoms. The molecule has 2 aliphatic rings. The van der Waals surface area contributed by atoms with E-state index in [0.29, 0.717) is 5.56 Å². The van der Waals surface area contributed by atoms with E-state index in [1.807, 2.05) is 0 Å². The fourth-order valence-corrected chi connectivity index (χ4v) is 3.36. The number of aliphatic hydroxyl groups is 1. The fraction of sp³-hybridized carbons (Fsp3) is 0.533. The molecule has 1 aromatic rings. The highest BCUT2D eigenvalue weighted by molar-refractivity contribution is 5.80. The Kier molecular flexibility index (Phi) is 3.45. The van der Waals surface area contributed by atoms with Crippen LogP contribution in [0, 0.1) is 5.92 Å². The van der Waals surface area contributed by atoms with Gasteiger partial charge in [0.15, 0.2) is 0 Å². The van der Waals surface area contributed by atoms with E-state index >= 15 is 0 Å². The van der Waals surface area contributed by atoms with Crippen molar-refractivity contribution in [3.63, 3.8) is 0 Å². The number of amides is 1. The van der Waals surface area contributed by atoms with Gasteiger partial charge in [-0.05, 0) is 12.0 Å². The average molecular weight is 296 g/mol. The minimum absolute atomic E-state index is 0.0806. The van der Waals surface area contributed by atoms with Gasteiger partial charge in [0.25, 0.3) is 5.92 Å². The minimum Gasteiger partial charge on any atom is -0.392 e. The van der Waals surface area contributed by atoms with Crippen molar-refractivity contribution in [2.75, 3.05) is 13.1 Å². The Morgan fingerprint density at radius 2 is 2.05 bits per heavy atom. The predicted octanol–water partition coefficient (Wildman–Crippen LogP) is 0.956. The number of benzene rings is 1. The number of primary amides is 1. The van der Waals surface area contributed by atoms with Crippen LogP contribution in [0.5, 0.6) is 0 Å². The van der Waals surface area contributed by atoms with E-state index in [4.69, 9.17) is 5.73 Å². The molecule has 114 valence electrons. The van der Waals surface area contributed by atoms with Gasteiger partial charge in [-0.15, -0.1) is 0 Å². The molecule has 4 atom stereocenters. The van der Waals surface area contributed by atoms with E-state index < -0.39 is 35.8 Å². The third-order valence-corrected chi connectivity index (χ3v) is 4.50. The van der Waals surface area contributed by atoms with E-state index in [2.05, 4.69) is 0 Å². The molecule has 0 aromatic heterocycles. The zero-order valence-corrected chi connectivity index (χ0v) is 11.5. The molecule has 4 nitrogen and oxygen atoms in total. The van der Waals surface area contributed by atoms with Crippen LogP contribution in [0.15, 0.2) is 30.3 Å². The quantitative estimate of drug-likeness (QED) is 0.869. The lowest BCUT2D eigenvalue weighted by molar-refractivity contribution is -0.122. The summed E-state index contributed by atoms with van der Waals surface area (Å²) in [7, 11) is 0. The number of aliphatic hydroxyl groups excluding tert-OH is 1. The Bertz CT molecular complexity index is 538. The van der Waals surface area contributed by atoms with Crippen molar-refractivity contribution in [1.82, 2.24) is 4.90 Å². The number of carbonyl (C=O) groups is 1. The van der Waals surface area contributed by atoms with Crippen molar-refractivity contribution in [1.29, 1.82) is 0 Å². The zero-order chi connectivity index (χ0) is 15.2. The molecule has 1 amide bonds. The second-order valence-electron chi connectivity index (χ2n) is 5.93. The van der Waals surface area contributed by atoms with Crippen LogP contribution in [0.2, 0.25) is 0 Å². The molecule has 1 saturated heterocycles. The van der Waals surface area contributed by atoms with Gasteiger partial charge < -0.3 is 10.8 Å². The van der Waals surface area contributed by atoms with Gasteiger partial charge in [0.05, 0.1) is 18.1 Å². The molecule has 3 N–H and O–H groups in total. The van der Waals surface area contributed by atoms with Crippen LogP contribution in [0.25, 0.3) is 0 Å². The summed E-state index contributed by atoms with van der Waals surface area (Å²) in [5.74, 6) is -4.97. The molecule has 3 rings (SSSR count). The third kappa shape index (κ3) is 2.53. The Balaban J connectivity index is 1.72. The molecule has 1 aliphatic heterocycles. The van der Waals surface area contributed by atoms with E-state index in [-0.39, 0.29) is 19.5 Å². The van der Waals surface area contributed by atoms with Crippen molar-refractivity contribution >= 4 is 5.91 Å². The summed E-state index contributed by atoms with van der Waals surface area (Å²) in [6.07, 6.45) is -0.450. The Morgan fingerprint density at radius 3 is 2.67 bits per heavy atom. The van der Waals surface area contributed by atoms with Gasteiger partial charge in [0.2, 0.25) is 5.91 Å². The third-order valence-electron chi connectivity index (χ3n) is 4.50. The minimum atomic E-state index is -2.77. The Hall–Kier alpha value is -1.53.